The lowest BCUT2D eigenvalue weighted by Crippen LogP contribution is -2.58. The van der Waals surface area contributed by atoms with Crippen LogP contribution in [-0.4, -0.2) is 88.2 Å². The summed E-state index contributed by atoms with van der Waals surface area (Å²) in [5, 5.41) is 27.8. The van der Waals surface area contributed by atoms with E-state index in [-0.39, 0.29) is 25.3 Å². The van der Waals surface area contributed by atoms with E-state index >= 15 is 0 Å². The van der Waals surface area contributed by atoms with Gasteiger partial charge < -0.3 is 54.1 Å². The molecule has 5 unspecified atom stereocenters. The number of hydrogen-bond acceptors (Lipinski definition) is 8. The first-order chi connectivity index (χ1) is 19.9. The fourth-order valence-corrected chi connectivity index (χ4v) is 4.34. The van der Waals surface area contributed by atoms with Crippen LogP contribution in [-0.2, 0) is 25.6 Å². The Labute approximate surface area is 243 Å². The van der Waals surface area contributed by atoms with Crippen molar-refractivity contribution in [3.05, 3.63) is 36.0 Å². The van der Waals surface area contributed by atoms with Crippen LogP contribution < -0.4 is 38.9 Å². The highest BCUT2D eigenvalue weighted by Gasteiger charge is 2.32. The van der Waals surface area contributed by atoms with Crippen molar-refractivity contribution in [2.45, 2.75) is 75.7 Å². The van der Waals surface area contributed by atoms with Crippen LogP contribution >= 0.6 is 0 Å². The number of nitrogens with two attached hydrogens (primary N) is 4. The molecule has 0 radical (unpaired) electrons. The summed E-state index contributed by atoms with van der Waals surface area (Å²) in [6.45, 7) is 1.88. The number of nitrogens with one attached hydrogen (secondary N) is 4. The van der Waals surface area contributed by atoms with Crippen LogP contribution in [0.2, 0.25) is 0 Å². The van der Waals surface area contributed by atoms with Gasteiger partial charge in [-0.05, 0) is 50.8 Å². The number of rotatable bonds is 18. The molecule has 0 aliphatic carbocycles. The van der Waals surface area contributed by atoms with Gasteiger partial charge >= 0.3 is 5.97 Å². The lowest BCUT2D eigenvalue weighted by molar-refractivity contribution is -0.145. The Bertz CT molecular complexity index is 1230. The number of aromatic amines is 1. The number of fused-ring (bicyclic) bond motifs is 1. The lowest BCUT2D eigenvalue weighted by atomic mass is 10.0. The number of benzene rings is 1. The van der Waals surface area contributed by atoms with Crippen LogP contribution in [0.5, 0.6) is 0 Å². The number of hydrogen-bond donors (Lipinski definition) is 10. The van der Waals surface area contributed by atoms with Gasteiger partial charge in [0.25, 0.3) is 0 Å². The molecule has 3 amide bonds. The van der Waals surface area contributed by atoms with E-state index in [9.17, 15) is 29.4 Å². The summed E-state index contributed by atoms with van der Waals surface area (Å²) in [5.41, 5.74) is 23.8. The standard InChI is InChI=1S/C27H43N9O6/c1-15(37)22(26(41)42)36-25(40)21(13-16-14-33-19-9-3-2-7-17(16)19)35-24(39)20(10-6-12-32-27(30)31)34-23(38)18(29)8-4-5-11-28/h2-3,7,9,14-15,18,20-22,33,37H,4-6,8,10-13,28-29H2,1H3,(H,34,38)(H,35,39)(H,36,40)(H,41,42)(H4,30,31,32). The largest absolute Gasteiger partial charge is 0.480 e. The molecule has 0 aliphatic rings. The molecule has 0 saturated carbocycles. The Morgan fingerprint density at radius 1 is 0.952 bits per heavy atom. The number of aliphatic carboxylic acids is 1. The number of para-hydroxylation sites is 1. The molecular weight excluding hydrogens is 546 g/mol. The molecule has 232 valence electrons. The van der Waals surface area contributed by atoms with Crippen LogP contribution in [0, 0.1) is 0 Å². The molecule has 0 fully saturated rings. The van der Waals surface area contributed by atoms with Crippen LogP contribution in [0.4, 0.5) is 0 Å². The van der Waals surface area contributed by atoms with Gasteiger partial charge in [0.05, 0.1) is 12.1 Å². The number of aliphatic hydroxyl groups excluding tert-OH is 1. The van der Waals surface area contributed by atoms with Crippen molar-refractivity contribution in [1.82, 2.24) is 20.9 Å². The molecule has 0 bridgehead atoms. The molecular formula is C27H43N9O6. The smallest absolute Gasteiger partial charge is 0.328 e. The van der Waals surface area contributed by atoms with Crippen molar-refractivity contribution in [2.75, 3.05) is 13.1 Å². The van der Waals surface area contributed by atoms with Gasteiger partial charge in [0.2, 0.25) is 17.7 Å². The molecule has 1 heterocycles. The van der Waals surface area contributed by atoms with Gasteiger partial charge in [-0.1, -0.05) is 24.6 Å². The number of unbranched alkanes of at least 4 members (excludes halogenated alkanes) is 1. The highest BCUT2D eigenvalue weighted by Crippen LogP contribution is 2.19. The lowest BCUT2D eigenvalue weighted by Gasteiger charge is -2.26. The first-order valence-electron chi connectivity index (χ1n) is 13.8. The number of carboxylic acids is 1. The molecule has 2 aromatic rings. The maximum Gasteiger partial charge on any atom is 0.328 e. The fourth-order valence-electron chi connectivity index (χ4n) is 4.34. The van der Waals surface area contributed by atoms with Crippen LogP contribution in [0.3, 0.4) is 0 Å². The van der Waals surface area contributed by atoms with Crippen LogP contribution in [0.1, 0.15) is 44.6 Å². The third-order valence-electron chi connectivity index (χ3n) is 6.66. The molecule has 5 atom stereocenters. The molecule has 14 N–H and O–H groups in total. The van der Waals surface area contributed by atoms with E-state index in [0.717, 1.165) is 10.9 Å². The number of guanidine groups is 1. The summed E-state index contributed by atoms with van der Waals surface area (Å²) in [5.74, 6) is -3.63. The van der Waals surface area contributed by atoms with E-state index < -0.39 is 54.0 Å². The monoisotopic (exact) mass is 589 g/mol. The van der Waals surface area contributed by atoms with Gasteiger partial charge in [-0.3, -0.25) is 19.4 Å². The Kier molecular flexibility index (Phi) is 13.7. The zero-order valence-corrected chi connectivity index (χ0v) is 23.7. The molecule has 1 aromatic carbocycles. The normalized spacial score (nSPS) is 14.7. The molecule has 1 aromatic heterocycles. The number of carboxylic acid groups (broad SMARTS) is 1. The second-order valence-corrected chi connectivity index (χ2v) is 10.1. The van der Waals surface area contributed by atoms with Crippen LogP contribution in [0.15, 0.2) is 35.5 Å². The predicted octanol–water partition coefficient (Wildman–Crippen LogP) is -1.86. The molecule has 0 spiro atoms. The number of aliphatic imine (C=N–C) groups is 1. The highest BCUT2D eigenvalue weighted by atomic mass is 16.4. The fraction of sp³-hybridized carbons (Fsp3) is 0.519. The molecule has 0 saturated heterocycles. The third kappa shape index (κ3) is 10.6. The molecule has 15 heteroatoms. The third-order valence-corrected chi connectivity index (χ3v) is 6.66. The minimum absolute atomic E-state index is 0.0129. The Morgan fingerprint density at radius 2 is 1.62 bits per heavy atom. The summed E-state index contributed by atoms with van der Waals surface area (Å²) < 4.78 is 0. The quantitative estimate of drug-likeness (QED) is 0.0526. The first kappa shape index (κ1) is 34.0. The van der Waals surface area contributed by atoms with Gasteiger partial charge in [0.1, 0.15) is 12.1 Å². The summed E-state index contributed by atoms with van der Waals surface area (Å²) in [6, 6.07) is 2.50. The predicted molar refractivity (Wildman–Crippen MR) is 158 cm³/mol. The van der Waals surface area contributed by atoms with E-state index in [0.29, 0.717) is 37.8 Å². The minimum Gasteiger partial charge on any atom is -0.480 e. The van der Waals surface area contributed by atoms with Crippen molar-refractivity contribution in [1.29, 1.82) is 0 Å². The Hall–Kier alpha value is -4.21. The average Bonchev–Trinajstić information content (AvgIpc) is 3.34. The average molecular weight is 590 g/mol. The molecule has 0 aliphatic heterocycles. The van der Waals surface area contributed by atoms with Crippen molar-refractivity contribution in [3.63, 3.8) is 0 Å². The van der Waals surface area contributed by atoms with Crippen molar-refractivity contribution in [3.8, 4) is 0 Å². The number of carbonyl (C=O) groups excluding carboxylic acids is 3. The van der Waals surface area contributed by atoms with E-state index in [4.69, 9.17) is 22.9 Å². The SMILES string of the molecule is CC(O)C(NC(=O)C(Cc1c[nH]c2ccccc12)NC(=O)C(CCCN=C(N)N)NC(=O)C(N)CCCCN)C(=O)O. The maximum absolute atomic E-state index is 13.5. The number of carbonyl (C=O) groups is 4. The minimum atomic E-state index is -1.61. The second kappa shape index (κ2) is 16.9. The number of H-pyrrole nitrogens is 1. The van der Waals surface area contributed by atoms with Gasteiger partial charge in [-0.25, -0.2) is 4.79 Å². The molecule has 2 rings (SSSR count). The molecule has 42 heavy (non-hydrogen) atoms. The summed E-state index contributed by atoms with van der Waals surface area (Å²) >= 11 is 0. The highest BCUT2D eigenvalue weighted by molar-refractivity contribution is 5.95. The first-order valence-corrected chi connectivity index (χ1v) is 13.8. The zero-order chi connectivity index (χ0) is 31.2. The summed E-state index contributed by atoms with van der Waals surface area (Å²) in [6.07, 6.45) is 2.41. The van der Waals surface area contributed by atoms with E-state index in [2.05, 4.69) is 25.9 Å². The zero-order valence-electron chi connectivity index (χ0n) is 23.7. The maximum atomic E-state index is 13.5. The second-order valence-electron chi connectivity index (χ2n) is 10.1. The van der Waals surface area contributed by atoms with E-state index in [1.807, 2.05) is 24.3 Å². The van der Waals surface area contributed by atoms with Crippen molar-refractivity contribution < 1.29 is 29.4 Å². The Morgan fingerprint density at radius 3 is 2.26 bits per heavy atom. The van der Waals surface area contributed by atoms with Crippen molar-refractivity contribution in [2.24, 2.45) is 27.9 Å². The summed E-state index contributed by atoms with van der Waals surface area (Å²) in [7, 11) is 0. The van der Waals surface area contributed by atoms with Gasteiger partial charge in [-0.2, -0.15) is 0 Å². The van der Waals surface area contributed by atoms with Crippen LogP contribution in [0.25, 0.3) is 10.9 Å². The van der Waals surface area contributed by atoms with Gasteiger partial charge in [0.15, 0.2) is 12.0 Å². The van der Waals surface area contributed by atoms with Gasteiger partial charge in [-0.15, -0.1) is 0 Å². The number of aliphatic hydroxyl groups is 1. The number of amides is 3. The number of aromatic nitrogens is 1. The molecule has 15 nitrogen and oxygen atoms in total. The van der Waals surface area contributed by atoms with Crippen molar-refractivity contribution >= 4 is 40.6 Å². The Balaban J connectivity index is 2.30. The number of nitrogens with zero attached hydrogens (tertiary/aromatic N) is 1. The van der Waals surface area contributed by atoms with E-state index in [1.165, 1.54) is 6.92 Å². The summed E-state index contributed by atoms with van der Waals surface area (Å²) in [4.78, 5) is 58.3. The van der Waals surface area contributed by atoms with Gasteiger partial charge in [0, 0.05) is 30.1 Å². The van der Waals surface area contributed by atoms with E-state index in [1.54, 1.807) is 6.20 Å². The topological polar surface area (TPSA) is 277 Å².